The first-order valence-corrected chi connectivity index (χ1v) is 17.7. The van der Waals surface area contributed by atoms with Crippen LogP contribution >= 0.6 is 0 Å². The zero-order valence-electron chi connectivity index (χ0n) is 29.9. The quantitative estimate of drug-likeness (QED) is 0.169. The Labute approximate surface area is 320 Å². The number of benzene rings is 4. The molecule has 9 rings (SSSR count). The van der Waals surface area contributed by atoms with E-state index in [4.69, 9.17) is 19.9 Å². The number of rotatable bonds is 4. The predicted octanol–water partition coefficient (Wildman–Crippen LogP) is 11.8. The number of aromatic nitrogens is 4. The van der Waals surface area contributed by atoms with Crippen molar-refractivity contribution in [2.24, 2.45) is 0 Å². The van der Waals surface area contributed by atoms with E-state index in [1.807, 2.05) is 0 Å². The van der Waals surface area contributed by atoms with Gasteiger partial charge in [0, 0.05) is 5.56 Å². The van der Waals surface area contributed by atoms with Gasteiger partial charge < -0.3 is 9.97 Å². The Morgan fingerprint density at radius 2 is 0.547 bits per heavy atom. The zero-order valence-corrected chi connectivity index (χ0v) is 30.9. The molecule has 2 aliphatic heterocycles. The molecule has 4 aromatic carbocycles. The fourth-order valence-electron chi connectivity index (χ4n) is 7.15. The summed E-state index contributed by atoms with van der Waals surface area (Å²) in [6.07, 6.45) is 8.48. The SMILES string of the molecule is Cc1ccc(-c2c3nc(c(-c4ccc(C)cc4)c4ccc([n-]4)c(-c4ccc(C)cc4)c4ccc([n-]4)c(-c4ccc(C)cc4)c4nc2C=C4)C=C3)cc1.[Cu+2]. The number of aryl methyl sites for hydroxylation is 4. The van der Waals surface area contributed by atoms with E-state index in [2.05, 4.69) is 173 Å². The second-order valence-electron chi connectivity index (χ2n) is 13.8. The summed E-state index contributed by atoms with van der Waals surface area (Å²) in [5.41, 5.74) is 19.9. The van der Waals surface area contributed by atoms with Crippen molar-refractivity contribution in [2.75, 3.05) is 0 Å². The Hall–Kier alpha value is -6.00. The zero-order chi connectivity index (χ0) is 35.3. The second-order valence-corrected chi connectivity index (χ2v) is 13.8. The molecule has 259 valence electrons. The van der Waals surface area contributed by atoms with Crippen LogP contribution in [-0.4, -0.2) is 9.97 Å². The van der Waals surface area contributed by atoms with Crippen molar-refractivity contribution >= 4 is 46.4 Å². The summed E-state index contributed by atoms with van der Waals surface area (Å²) in [7, 11) is 0. The van der Waals surface area contributed by atoms with Gasteiger partial charge in [-0.15, -0.1) is 22.1 Å². The molecule has 0 spiro atoms. The summed E-state index contributed by atoms with van der Waals surface area (Å²) >= 11 is 0. The molecule has 4 nitrogen and oxygen atoms in total. The Balaban J connectivity index is 0.00000400. The molecule has 8 bridgehead atoms. The summed E-state index contributed by atoms with van der Waals surface area (Å²) < 4.78 is 0. The van der Waals surface area contributed by atoms with Gasteiger partial charge in [0.1, 0.15) is 0 Å². The summed E-state index contributed by atoms with van der Waals surface area (Å²) in [4.78, 5) is 21.5. The van der Waals surface area contributed by atoms with Crippen molar-refractivity contribution in [3.8, 4) is 44.5 Å². The van der Waals surface area contributed by atoms with Crippen molar-refractivity contribution in [3.63, 3.8) is 0 Å². The normalized spacial score (nSPS) is 11.8. The Kier molecular flexibility index (Phi) is 8.91. The summed E-state index contributed by atoms with van der Waals surface area (Å²) in [5.74, 6) is 0. The maximum absolute atomic E-state index is 5.37. The van der Waals surface area contributed by atoms with Crippen LogP contribution in [0.4, 0.5) is 0 Å². The molecule has 0 saturated heterocycles. The minimum absolute atomic E-state index is 0. The van der Waals surface area contributed by atoms with Gasteiger partial charge in [0.2, 0.25) is 0 Å². The van der Waals surface area contributed by atoms with E-state index in [-0.39, 0.29) is 17.1 Å². The Morgan fingerprint density at radius 3 is 0.868 bits per heavy atom. The number of fused-ring (bicyclic) bond motifs is 8. The topological polar surface area (TPSA) is 54.0 Å². The first-order chi connectivity index (χ1) is 25.4. The van der Waals surface area contributed by atoms with Crippen LogP contribution in [-0.2, 0) is 17.1 Å². The molecular weight excluding hydrogens is 696 g/mol. The molecule has 5 heteroatoms. The van der Waals surface area contributed by atoms with Gasteiger partial charge in [-0.1, -0.05) is 144 Å². The van der Waals surface area contributed by atoms with Gasteiger partial charge in [-0.25, -0.2) is 9.97 Å². The van der Waals surface area contributed by atoms with Crippen molar-refractivity contribution in [1.82, 2.24) is 19.9 Å². The van der Waals surface area contributed by atoms with Gasteiger partial charge in [0.05, 0.1) is 22.8 Å². The van der Waals surface area contributed by atoms with E-state index < -0.39 is 0 Å². The van der Waals surface area contributed by atoms with Crippen LogP contribution < -0.4 is 9.97 Å². The van der Waals surface area contributed by atoms with E-state index in [0.29, 0.717) is 0 Å². The van der Waals surface area contributed by atoms with Crippen LogP contribution in [0.5, 0.6) is 0 Å². The van der Waals surface area contributed by atoms with Gasteiger partial charge in [-0.2, -0.15) is 0 Å². The average molecular weight is 732 g/mol. The summed E-state index contributed by atoms with van der Waals surface area (Å²) in [6, 6.07) is 43.0. The van der Waals surface area contributed by atoms with Gasteiger partial charge in [0.15, 0.2) is 0 Å². The van der Waals surface area contributed by atoms with Gasteiger partial charge in [-0.05, 0) is 90.9 Å². The molecule has 7 aromatic rings. The third kappa shape index (κ3) is 6.40. The molecular formula is C48H36CuN4. The molecule has 2 aliphatic rings. The number of nitrogens with zero attached hydrogens (tertiary/aromatic N) is 4. The van der Waals surface area contributed by atoms with Crippen molar-refractivity contribution in [2.45, 2.75) is 27.7 Å². The molecule has 0 aliphatic carbocycles. The van der Waals surface area contributed by atoms with Crippen LogP contribution in [0.3, 0.4) is 0 Å². The predicted molar refractivity (Wildman–Crippen MR) is 217 cm³/mol. The van der Waals surface area contributed by atoms with E-state index >= 15 is 0 Å². The van der Waals surface area contributed by atoms with Crippen LogP contribution in [0.2, 0.25) is 0 Å². The number of hydrogen-bond acceptors (Lipinski definition) is 2. The van der Waals surface area contributed by atoms with Crippen molar-refractivity contribution in [1.29, 1.82) is 0 Å². The third-order valence-corrected chi connectivity index (χ3v) is 9.97. The molecule has 0 saturated carbocycles. The van der Waals surface area contributed by atoms with Crippen LogP contribution in [0, 0.1) is 27.7 Å². The van der Waals surface area contributed by atoms with Gasteiger partial charge >= 0.3 is 17.1 Å². The van der Waals surface area contributed by atoms with E-state index in [0.717, 1.165) is 89.4 Å². The fraction of sp³-hybridized carbons (Fsp3) is 0.0833. The van der Waals surface area contributed by atoms with Gasteiger partial charge in [0.25, 0.3) is 0 Å². The number of hydrogen-bond donors (Lipinski definition) is 0. The average Bonchev–Trinajstić information content (AvgIpc) is 3.99. The van der Waals surface area contributed by atoms with E-state index in [1.165, 1.54) is 22.3 Å². The molecule has 0 amide bonds. The maximum atomic E-state index is 5.37. The van der Waals surface area contributed by atoms with Crippen LogP contribution in [0.1, 0.15) is 45.0 Å². The molecule has 0 atom stereocenters. The fourth-order valence-corrected chi connectivity index (χ4v) is 7.15. The molecule has 0 unspecified atom stereocenters. The molecule has 0 fully saturated rings. The summed E-state index contributed by atoms with van der Waals surface area (Å²) in [5, 5.41) is 0. The molecule has 5 heterocycles. The van der Waals surface area contributed by atoms with E-state index in [9.17, 15) is 0 Å². The Bertz CT molecular complexity index is 2580. The second kappa shape index (κ2) is 13.9. The van der Waals surface area contributed by atoms with Crippen molar-refractivity contribution in [3.05, 3.63) is 166 Å². The molecule has 3 aromatic heterocycles. The first-order valence-electron chi connectivity index (χ1n) is 17.7. The van der Waals surface area contributed by atoms with Crippen LogP contribution in [0.25, 0.3) is 90.9 Å². The largest absolute Gasteiger partial charge is 2.00 e. The standard InChI is InChI=1S/C48H36N4.Cu/c1-29-5-13-33(14-6-29)45-37-21-23-39(49-37)46(34-15-7-30(2)8-16-34)41-25-27-43(51-41)48(36-19-11-32(4)12-20-36)44-28-26-42(52-44)47(40-24-22-38(45)50-40)35-17-9-31(3)10-18-35;/h5-28H,1-4H3;/q-2;+2. The smallest absolute Gasteiger partial charge is 0.657 e. The molecule has 1 radical (unpaired) electrons. The molecule has 0 N–H and O–H groups in total. The van der Waals surface area contributed by atoms with Crippen LogP contribution in [0.15, 0.2) is 121 Å². The van der Waals surface area contributed by atoms with E-state index in [1.54, 1.807) is 0 Å². The van der Waals surface area contributed by atoms with Crippen molar-refractivity contribution < 1.29 is 17.1 Å². The minimum Gasteiger partial charge on any atom is -0.657 e. The molecule has 53 heavy (non-hydrogen) atoms. The van der Waals surface area contributed by atoms with Gasteiger partial charge in [-0.3, -0.25) is 0 Å². The third-order valence-electron chi connectivity index (χ3n) is 9.97. The minimum atomic E-state index is 0. The maximum Gasteiger partial charge on any atom is 2.00 e. The summed E-state index contributed by atoms with van der Waals surface area (Å²) in [6.45, 7) is 8.45. The monoisotopic (exact) mass is 731 g/mol. The first kappa shape index (κ1) is 34.1. The Morgan fingerprint density at radius 1 is 0.302 bits per heavy atom.